The molecule has 156 valence electrons. The topological polar surface area (TPSA) is 84.4 Å². The Morgan fingerprint density at radius 3 is 2.53 bits per heavy atom. The van der Waals surface area contributed by atoms with Gasteiger partial charge in [0, 0.05) is 13.1 Å². The average molecular weight is 414 g/mol. The summed E-state index contributed by atoms with van der Waals surface area (Å²) >= 11 is 0. The number of benzene rings is 2. The van der Waals surface area contributed by atoms with Gasteiger partial charge in [-0.1, -0.05) is 30.9 Å². The van der Waals surface area contributed by atoms with Crippen LogP contribution in [0.1, 0.15) is 22.3 Å². The smallest absolute Gasteiger partial charge is 0.405 e. The molecule has 3 rings (SSSR count). The van der Waals surface area contributed by atoms with Crippen molar-refractivity contribution in [2.24, 2.45) is 5.73 Å². The number of nitrogens with one attached hydrogen (secondary N) is 1. The summed E-state index contributed by atoms with van der Waals surface area (Å²) in [6, 6.07) is 8.21. The van der Waals surface area contributed by atoms with Crippen molar-refractivity contribution in [3.8, 4) is 0 Å². The van der Waals surface area contributed by atoms with E-state index in [1.165, 1.54) is 17.2 Å². The third-order valence-corrected chi connectivity index (χ3v) is 4.74. The molecule has 0 fully saturated rings. The fourth-order valence-electron chi connectivity index (χ4n) is 3.23. The monoisotopic (exact) mass is 414 g/mol. The molecule has 0 unspecified atom stereocenters. The van der Waals surface area contributed by atoms with Crippen LogP contribution in [0.5, 0.6) is 0 Å². The minimum atomic E-state index is -4.42. The van der Waals surface area contributed by atoms with Gasteiger partial charge in [-0.25, -0.2) is 4.79 Å². The summed E-state index contributed by atoms with van der Waals surface area (Å²) in [5, 5.41) is 2.74. The molecule has 0 atom stereocenters. The standard InChI is InChI=1S/C22H21F3N4O/c1-2-3-14(8-9-26)15-5-7-19(27)20(11-15)28-21(30)29-12-16-4-6-18(22(23,24)25)10-17(16)13-29/h2-11H,1,12-13,26-27H2,(H,28,30)/b9-8-,14-3+. The fourth-order valence-corrected chi connectivity index (χ4v) is 3.23. The summed E-state index contributed by atoms with van der Waals surface area (Å²) in [4.78, 5) is 14.1. The highest BCUT2D eigenvalue weighted by molar-refractivity contribution is 5.94. The van der Waals surface area contributed by atoms with E-state index in [0.29, 0.717) is 22.5 Å². The lowest BCUT2D eigenvalue weighted by Crippen LogP contribution is -2.30. The van der Waals surface area contributed by atoms with Gasteiger partial charge in [0.25, 0.3) is 0 Å². The first kappa shape index (κ1) is 21.0. The Morgan fingerprint density at radius 2 is 1.87 bits per heavy atom. The number of alkyl halides is 3. The SMILES string of the molecule is C=C/C=C(\C=C/N)c1ccc(N)c(NC(=O)N2Cc3ccc(C(F)(F)F)cc3C2)c1. The third-order valence-electron chi connectivity index (χ3n) is 4.74. The van der Waals surface area contributed by atoms with Crippen LogP contribution in [0.4, 0.5) is 29.3 Å². The molecule has 0 saturated heterocycles. The zero-order valence-electron chi connectivity index (χ0n) is 16.0. The number of amides is 2. The Balaban J connectivity index is 1.79. The zero-order valence-corrected chi connectivity index (χ0v) is 16.0. The van der Waals surface area contributed by atoms with Crippen LogP contribution in [0.15, 0.2) is 67.4 Å². The van der Waals surface area contributed by atoms with Crippen molar-refractivity contribution in [1.29, 1.82) is 0 Å². The largest absolute Gasteiger partial charge is 0.416 e. The first-order valence-corrected chi connectivity index (χ1v) is 9.08. The van der Waals surface area contributed by atoms with E-state index in [-0.39, 0.29) is 13.1 Å². The van der Waals surface area contributed by atoms with Crippen LogP contribution in [0.25, 0.3) is 5.57 Å². The molecule has 1 aliphatic heterocycles. The zero-order chi connectivity index (χ0) is 21.9. The average Bonchev–Trinajstić information content (AvgIpc) is 3.12. The first-order valence-electron chi connectivity index (χ1n) is 9.08. The Morgan fingerprint density at radius 1 is 1.13 bits per heavy atom. The molecule has 0 radical (unpaired) electrons. The summed E-state index contributed by atoms with van der Waals surface area (Å²) in [5.74, 6) is 0. The molecule has 2 aromatic carbocycles. The molecule has 1 aliphatic rings. The molecular formula is C22H21F3N4O. The van der Waals surface area contributed by atoms with E-state index in [4.69, 9.17) is 11.5 Å². The van der Waals surface area contributed by atoms with Crippen LogP contribution in [-0.4, -0.2) is 10.9 Å². The first-order chi connectivity index (χ1) is 14.2. The van der Waals surface area contributed by atoms with Crippen molar-refractivity contribution in [2.75, 3.05) is 11.1 Å². The predicted octanol–water partition coefficient (Wildman–Crippen LogP) is 4.88. The molecule has 5 nitrogen and oxygen atoms in total. The van der Waals surface area contributed by atoms with Gasteiger partial charge in [0.1, 0.15) is 0 Å². The lowest BCUT2D eigenvalue weighted by molar-refractivity contribution is -0.137. The summed E-state index contributed by atoms with van der Waals surface area (Å²) in [5.41, 5.74) is 14.2. The number of urea groups is 1. The molecule has 0 aliphatic carbocycles. The number of nitrogens with two attached hydrogens (primary N) is 2. The van der Waals surface area contributed by atoms with Crippen molar-refractivity contribution in [3.63, 3.8) is 0 Å². The number of halogens is 3. The molecule has 0 spiro atoms. The minimum Gasteiger partial charge on any atom is -0.405 e. The van der Waals surface area contributed by atoms with E-state index in [0.717, 1.165) is 23.3 Å². The maximum Gasteiger partial charge on any atom is 0.416 e. The molecular weight excluding hydrogens is 393 g/mol. The molecule has 0 aromatic heterocycles. The molecule has 0 bridgehead atoms. The fraction of sp³-hybridized carbons (Fsp3) is 0.136. The molecule has 0 saturated carbocycles. The number of hydrogen-bond acceptors (Lipinski definition) is 3. The van der Waals surface area contributed by atoms with Gasteiger partial charge < -0.3 is 21.7 Å². The second-order valence-corrected chi connectivity index (χ2v) is 6.79. The van der Waals surface area contributed by atoms with Crippen LogP contribution in [0, 0.1) is 0 Å². The summed E-state index contributed by atoms with van der Waals surface area (Å²) in [6.45, 7) is 3.97. The lowest BCUT2D eigenvalue weighted by atomic mass is 10.0. The molecule has 2 amide bonds. The Labute approximate surface area is 172 Å². The number of carbonyl (C=O) groups is 1. The number of anilines is 2. The summed E-state index contributed by atoms with van der Waals surface area (Å²) < 4.78 is 38.8. The van der Waals surface area contributed by atoms with Gasteiger partial charge in [0.05, 0.1) is 16.9 Å². The van der Waals surface area contributed by atoms with Crippen molar-refractivity contribution < 1.29 is 18.0 Å². The highest BCUT2D eigenvalue weighted by Crippen LogP contribution is 2.33. The minimum absolute atomic E-state index is 0.0855. The molecule has 1 heterocycles. The number of nitrogens with zero attached hydrogens (tertiary/aromatic N) is 1. The van der Waals surface area contributed by atoms with Crippen LogP contribution in [-0.2, 0) is 19.3 Å². The second kappa shape index (κ2) is 8.36. The number of hydrogen-bond donors (Lipinski definition) is 3. The van der Waals surface area contributed by atoms with Gasteiger partial charge in [0.15, 0.2) is 0 Å². The van der Waals surface area contributed by atoms with E-state index < -0.39 is 17.8 Å². The number of rotatable bonds is 4. The maximum absolute atomic E-state index is 12.9. The maximum atomic E-state index is 12.9. The number of nitrogen functional groups attached to an aromatic ring is 1. The van der Waals surface area contributed by atoms with Gasteiger partial charge in [-0.2, -0.15) is 13.2 Å². The second-order valence-electron chi connectivity index (χ2n) is 6.79. The van der Waals surface area contributed by atoms with Crippen molar-refractivity contribution in [2.45, 2.75) is 19.3 Å². The van der Waals surface area contributed by atoms with E-state index >= 15 is 0 Å². The highest BCUT2D eigenvalue weighted by atomic mass is 19.4. The summed E-state index contributed by atoms with van der Waals surface area (Å²) in [7, 11) is 0. The van der Waals surface area contributed by atoms with Gasteiger partial charge >= 0.3 is 12.2 Å². The van der Waals surface area contributed by atoms with Crippen molar-refractivity contribution >= 4 is 23.0 Å². The Hall–Kier alpha value is -3.68. The van der Waals surface area contributed by atoms with Gasteiger partial charge in [-0.05, 0) is 58.8 Å². The number of fused-ring (bicyclic) bond motifs is 1. The van der Waals surface area contributed by atoms with E-state index in [1.807, 2.05) is 0 Å². The van der Waals surface area contributed by atoms with Crippen LogP contribution in [0.2, 0.25) is 0 Å². The van der Waals surface area contributed by atoms with Gasteiger partial charge in [-0.3, -0.25) is 0 Å². The van der Waals surface area contributed by atoms with Crippen molar-refractivity contribution in [3.05, 3.63) is 89.7 Å². The van der Waals surface area contributed by atoms with Crippen LogP contribution >= 0.6 is 0 Å². The Kier molecular flexibility index (Phi) is 5.86. The van der Waals surface area contributed by atoms with Crippen LogP contribution < -0.4 is 16.8 Å². The third kappa shape index (κ3) is 4.48. The highest BCUT2D eigenvalue weighted by Gasteiger charge is 2.33. The van der Waals surface area contributed by atoms with Crippen molar-refractivity contribution in [1.82, 2.24) is 4.90 Å². The number of allylic oxidation sites excluding steroid dienone is 4. The predicted molar refractivity (Wildman–Crippen MR) is 112 cm³/mol. The molecule has 8 heteroatoms. The summed E-state index contributed by atoms with van der Waals surface area (Å²) in [6.07, 6.45) is 2.03. The Bertz CT molecular complexity index is 1040. The lowest BCUT2D eigenvalue weighted by Gasteiger charge is -2.18. The quantitative estimate of drug-likeness (QED) is 0.493. The van der Waals surface area contributed by atoms with E-state index in [9.17, 15) is 18.0 Å². The molecule has 2 aromatic rings. The molecule has 30 heavy (non-hydrogen) atoms. The molecule has 5 N–H and O–H groups in total. The van der Waals surface area contributed by atoms with Gasteiger partial charge in [-0.15, -0.1) is 0 Å². The van der Waals surface area contributed by atoms with Crippen LogP contribution in [0.3, 0.4) is 0 Å². The normalized spacial score (nSPS) is 14.1. The van der Waals surface area contributed by atoms with Gasteiger partial charge in [0.2, 0.25) is 0 Å². The number of carbonyl (C=O) groups excluding carboxylic acids is 1. The van der Waals surface area contributed by atoms with E-state index in [1.54, 1.807) is 36.4 Å². The van der Waals surface area contributed by atoms with E-state index in [2.05, 4.69) is 11.9 Å².